The molecule has 2 aromatic rings. The Labute approximate surface area is 122 Å². The average molecular weight is 288 g/mol. The Morgan fingerprint density at radius 3 is 2.71 bits per heavy atom. The van der Waals surface area contributed by atoms with Crippen LogP contribution in [0.4, 0.5) is 0 Å². The number of ether oxygens (including phenoxy) is 3. The summed E-state index contributed by atoms with van der Waals surface area (Å²) in [5, 5.41) is 0. The fraction of sp³-hybridized carbons (Fsp3) is 0.267. The molecule has 0 aliphatic carbocycles. The van der Waals surface area contributed by atoms with Gasteiger partial charge in [0.1, 0.15) is 0 Å². The normalized spacial score (nSPS) is 10.0. The van der Waals surface area contributed by atoms with Gasteiger partial charge in [0.2, 0.25) is 0 Å². The summed E-state index contributed by atoms with van der Waals surface area (Å²) in [6, 6.07) is 7.21. The highest BCUT2D eigenvalue weighted by Gasteiger charge is 2.13. The Balaban J connectivity index is 2.05. The maximum absolute atomic E-state index is 11.5. The number of esters is 1. The Kier molecular flexibility index (Phi) is 5.09. The van der Waals surface area contributed by atoms with Gasteiger partial charge in [0.15, 0.2) is 17.2 Å². The van der Waals surface area contributed by atoms with Gasteiger partial charge in [0, 0.05) is 24.4 Å². The van der Waals surface area contributed by atoms with Gasteiger partial charge in [-0.3, -0.25) is 4.98 Å². The quantitative estimate of drug-likeness (QED) is 0.756. The number of carbonyl (C=O) groups is 1. The lowest BCUT2D eigenvalue weighted by Crippen LogP contribution is -2.08. The Hall–Kier alpha value is -2.63. The number of hydrogen-bond donors (Lipinski definition) is 0. The van der Waals surface area contributed by atoms with Gasteiger partial charge >= 0.3 is 5.97 Å². The first-order valence-electron chi connectivity index (χ1n) is 6.39. The first-order valence-corrected chi connectivity index (χ1v) is 6.39. The van der Waals surface area contributed by atoms with Crippen molar-refractivity contribution in [2.45, 2.75) is 6.42 Å². The minimum Gasteiger partial charge on any atom is -0.491 e. The van der Waals surface area contributed by atoms with Crippen LogP contribution in [-0.4, -0.2) is 36.8 Å². The Morgan fingerprint density at radius 2 is 2.05 bits per heavy atom. The maximum atomic E-state index is 11.5. The molecule has 0 atom stereocenters. The molecule has 0 unspecified atom stereocenters. The highest BCUT2D eigenvalue weighted by Crippen LogP contribution is 2.26. The molecule has 2 heterocycles. The van der Waals surface area contributed by atoms with E-state index in [1.165, 1.54) is 26.5 Å². The highest BCUT2D eigenvalue weighted by molar-refractivity contribution is 5.87. The van der Waals surface area contributed by atoms with E-state index < -0.39 is 5.97 Å². The number of carbonyl (C=O) groups excluding carboxylic acids is 1. The predicted molar refractivity (Wildman–Crippen MR) is 75.6 cm³/mol. The molecule has 0 bridgehead atoms. The number of hydrogen-bond acceptors (Lipinski definition) is 6. The molecular weight excluding hydrogens is 272 g/mol. The molecule has 0 aliphatic heterocycles. The van der Waals surface area contributed by atoms with Gasteiger partial charge in [-0.15, -0.1) is 0 Å². The summed E-state index contributed by atoms with van der Waals surface area (Å²) in [4.78, 5) is 19.6. The molecule has 0 spiro atoms. The molecule has 0 aromatic carbocycles. The summed E-state index contributed by atoms with van der Waals surface area (Å²) in [5.41, 5.74) is 1.10. The topological polar surface area (TPSA) is 70.5 Å². The number of aromatic nitrogens is 2. The van der Waals surface area contributed by atoms with Gasteiger partial charge in [-0.2, -0.15) is 0 Å². The number of methoxy groups -OCH3 is 2. The lowest BCUT2D eigenvalue weighted by atomic mass is 10.3. The standard InChI is InChI=1S/C15H16N2O4/c1-19-14-10-17-12(15(18)20-2)9-13(14)21-8-6-11-5-3-4-7-16-11/h3-5,7,9-10H,6,8H2,1-2H3. The molecule has 110 valence electrons. The van der Waals surface area contributed by atoms with Crippen molar-refractivity contribution < 1.29 is 19.0 Å². The molecule has 21 heavy (non-hydrogen) atoms. The fourth-order valence-electron chi connectivity index (χ4n) is 1.72. The third kappa shape index (κ3) is 3.92. The van der Waals surface area contributed by atoms with Crippen LogP contribution < -0.4 is 9.47 Å². The molecule has 0 amide bonds. The predicted octanol–water partition coefficient (Wildman–Crippen LogP) is 1.89. The van der Waals surface area contributed by atoms with E-state index in [1.54, 1.807) is 6.20 Å². The number of pyridine rings is 2. The van der Waals surface area contributed by atoms with Crippen molar-refractivity contribution in [2.75, 3.05) is 20.8 Å². The molecular formula is C15H16N2O4. The highest BCUT2D eigenvalue weighted by atomic mass is 16.5. The Morgan fingerprint density at radius 1 is 1.19 bits per heavy atom. The second-order valence-electron chi connectivity index (χ2n) is 4.13. The van der Waals surface area contributed by atoms with Gasteiger partial charge in [-0.25, -0.2) is 9.78 Å². The lowest BCUT2D eigenvalue weighted by molar-refractivity contribution is 0.0593. The van der Waals surface area contributed by atoms with E-state index in [4.69, 9.17) is 9.47 Å². The largest absolute Gasteiger partial charge is 0.491 e. The van der Waals surface area contributed by atoms with Crippen LogP contribution in [0, 0.1) is 0 Å². The van der Waals surface area contributed by atoms with Gasteiger partial charge in [0.25, 0.3) is 0 Å². The Bertz CT molecular complexity index is 602. The molecule has 0 radical (unpaired) electrons. The molecule has 0 aliphatic rings. The SMILES string of the molecule is COC(=O)c1cc(OCCc2ccccn2)c(OC)cn1. The first-order chi connectivity index (χ1) is 10.2. The van der Waals surface area contributed by atoms with Crippen molar-refractivity contribution in [2.24, 2.45) is 0 Å². The van der Waals surface area contributed by atoms with Gasteiger partial charge in [-0.05, 0) is 12.1 Å². The van der Waals surface area contributed by atoms with E-state index in [-0.39, 0.29) is 5.69 Å². The molecule has 0 saturated heterocycles. The zero-order valence-electron chi connectivity index (χ0n) is 11.9. The van der Waals surface area contributed by atoms with Crippen molar-refractivity contribution in [1.29, 1.82) is 0 Å². The zero-order chi connectivity index (χ0) is 15.1. The number of rotatable bonds is 6. The molecule has 0 fully saturated rings. The average Bonchev–Trinajstić information content (AvgIpc) is 2.55. The van der Waals surface area contributed by atoms with Crippen molar-refractivity contribution in [3.8, 4) is 11.5 Å². The van der Waals surface area contributed by atoms with E-state index >= 15 is 0 Å². The smallest absolute Gasteiger partial charge is 0.356 e. The third-order valence-corrected chi connectivity index (χ3v) is 2.79. The molecule has 0 saturated carbocycles. The summed E-state index contributed by atoms with van der Waals surface area (Å²) in [6.45, 7) is 0.415. The lowest BCUT2D eigenvalue weighted by Gasteiger charge is -2.11. The number of nitrogens with zero attached hydrogens (tertiary/aromatic N) is 2. The summed E-state index contributed by atoms with van der Waals surface area (Å²) < 4.78 is 15.4. The van der Waals surface area contributed by atoms with Crippen molar-refractivity contribution >= 4 is 5.97 Å². The van der Waals surface area contributed by atoms with Crippen LogP contribution in [0.25, 0.3) is 0 Å². The van der Waals surface area contributed by atoms with Crippen LogP contribution in [0.1, 0.15) is 16.2 Å². The van der Waals surface area contributed by atoms with Crippen LogP contribution in [0.15, 0.2) is 36.7 Å². The molecule has 2 aromatic heterocycles. The van der Waals surface area contributed by atoms with E-state index in [9.17, 15) is 4.79 Å². The summed E-state index contributed by atoms with van der Waals surface area (Å²) in [7, 11) is 2.82. The van der Waals surface area contributed by atoms with E-state index in [2.05, 4.69) is 14.7 Å². The van der Waals surface area contributed by atoms with E-state index in [1.807, 2.05) is 18.2 Å². The molecule has 6 nitrogen and oxygen atoms in total. The summed E-state index contributed by atoms with van der Waals surface area (Å²) >= 11 is 0. The minimum atomic E-state index is -0.521. The summed E-state index contributed by atoms with van der Waals surface area (Å²) in [5.74, 6) is 0.389. The maximum Gasteiger partial charge on any atom is 0.356 e. The van der Waals surface area contributed by atoms with Crippen LogP contribution in [0.5, 0.6) is 11.5 Å². The van der Waals surface area contributed by atoms with Gasteiger partial charge < -0.3 is 14.2 Å². The van der Waals surface area contributed by atoms with Crippen molar-refractivity contribution in [3.05, 3.63) is 48.0 Å². The van der Waals surface area contributed by atoms with Crippen LogP contribution in [0.2, 0.25) is 0 Å². The van der Waals surface area contributed by atoms with Crippen molar-refractivity contribution in [1.82, 2.24) is 9.97 Å². The monoisotopic (exact) mass is 288 g/mol. The second kappa shape index (κ2) is 7.23. The molecule has 6 heteroatoms. The minimum absolute atomic E-state index is 0.172. The van der Waals surface area contributed by atoms with Gasteiger partial charge in [0.05, 0.1) is 27.0 Å². The zero-order valence-corrected chi connectivity index (χ0v) is 11.9. The van der Waals surface area contributed by atoms with Crippen LogP contribution in [-0.2, 0) is 11.2 Å². The first kappa shape index (κ1) is 14.8. The fourth-order valence-corrected chi connectivity index (χ4v) is 1.72. The van der Waals surface area contributed by atoms with Crippen molar-refractivity contribution in [3.63, 3.8) is 0 Å². The molecule has 2 rings (SSSR count). The molecule has 0 N–H and O–H groups in total. The van der Waals surface area contributed by atoms with E-state index in [0.717, 1.165) is 5.69 Å². The third-order valence-electron chi connectivity index (χ3n) is 2.79. The summed E-state index contributed by atoms with van der Waals surface area (Å²) in [6.07, 6.45) is 3.82. The van der Waals surface area contributed by atoms with Crippen LogP contribution in [0.3, 0.4) is 0 Å². The second-order valence-corrected chi connectivity index (χ2v) is 4.13. The van der Waals surface area contributed by atoms with Gasteiger partial charge in [-0.1, -0.05) is 6.07 Å². The van der Waals surface area contributed by atoms with E-state index in [0.29, 0.717) is 24.5 Å². The van der Waals surface area contributed by atoms with Crippen LogP contribution >= 0.6 is 0 Å².